The van der Waals surface area contributed by atoms with Gasteiger partial charge in [-0.3, -0.25) is 9.59 Å². The lowest BCUT2D eigenvalue weighted by molar-refractivity contribution is -0.190. The van der Waals surface area contributed by atoms with Gasteiger partial charge in [0.2, 0.25) is 11.8 Å². The van der Waals surface area contributed by atoms with E-state index >= 15 is 0 Å². The third-order valence-electron chi connectivity index (χ3n) is 4.35. The lowest BCUT2D eigenvalue weighted by atomic mass is 10.2. The van der Waals surface area contributed by atoms with E-state index in [9.17, 15) is 22.8 Å². The number of amides is 2. The molecule has 1 aromatic rings. The van der Waals surface area contributed by atoms with E-state index < -0.39 is 24.1 Å². The van der Waals surface area contributed by atoms with Gasteiger partial charge in [-0.05, 0) is 31.9 Å². The quantitative estimate of drug-likeness (QED) is 0.815. The lowest BCUT2D eigenvalue weighted by Crippen LogP contribution is -2.35. The van der Waals surface area contributed by atoms with Gasteiger partial charge in [-0.2, -0.15) is 13.2 Å². The summed E-state index contributed by atoms with van der Waals surface area (Å²) >= 11 is 0. The van der Waals surface area contributed by atoms with Gasteiger partial charge in [0.05, 0.1) is 0 Å². The fourth-order valence-electron chi connectivity index (χ4n) is 2.75. The van der Waals surface area contributed by atoms with Gasteiger partial charge in [-0.25, -0.2) is 4.98 Å². The SMILES string of the molecule is CC(Oc1ncccc1C(=O)NCCC(=O)N1CCCCCC1)C(F)(F)F. The average Bonchev–Trinajstić information content (AvgIpc) is 2.90. The summed E-state index contributed by atoms with van der Waals surface area (Å²) in [4.78, 5) is 30.0. The number of ether oxygens (including phenoxy) is 1. The Hall–Kier alpha value is -2.32. The first-order chi connectivity index (χ1) is 12.8. The van der Waals surface area contributed by atoms with Crippen LogP contribution in [0.15, 0.2) is 18.3 Å². The van der Waals surface area contributed by atoms with Crippen LogP contribution in [0.25, 0.3) is 0 Å². The molecule has 1 N–H and O–H groups in total. The van der Waals surface area contributed by atoms with Crippen molar-refractivity contribution in [3.05, 3.63) is 23.9 Å². The number of aromatic nitrogens is 1. The monoisotopic (exact) mass is 387 g/mol. The van der Waals surface area contributed by atoms with E-state index in [1.807, 2.05) is 0 Å². The minimum atomic E-state index is -4.56. The molecule has 1 fully saturated rings. The van der Waals surface area contributed by atoms with Gasteiger partial charge in [-0.15, -0.1) is 0 Å². The zero-order valence-corrected chi connectivity index (χ0v) is 15.2. The van der Waals surface area contributed by atoms with Gasteiger partial charge < -0.3 is 15.0 Å². The number of nitrogens with zero attached hydrogens (tertiary/aromatic N) is 2. The van der Waals surface area contributed by atoms with E-state index in [-0.39, 0.29) is 24.4 Å². The predicted molar refractivity (Wildman–Crippen MR) is 92.4 cm³/mol. The average molecular weight is 387 g/mol. The Morgan fingerprint density at radius 3 is 2.56 bits per heavy atom. The number of halogens is 3. The van der Waals surface area contributed by atoms with E-state index in [0.29, 0.717) is 0 Å². The summed E-state index contributed by atoms with van der Waals surface area (Å²) in [5.41, 5.74) is -0.101. The molecule has 0 spiro atoms. The molecule has 1 aliphatic rings. The molecule has 1 aliphatic heterocycles. The van der Waals surface area contributed by atoms with Gasteiger partial charge in [-0.1, -0.05) is 12.8 Å². The van der Waals surface area contributed by atoms with Crippen LogP contribution >= 0.6 is 0 Å². The zero-order valence-electron chi connectivity index (χ0n) is 15.2. The van der Waals surface area contributed by atoms with Gasteiger partial charge >= 0.3 is 6.18 Å². The maximum absolute atomic E-state index is 12.7. The highest BCUT2D eigenvalue weighted by Gasteiger charge is 2.39. The Kier molecular flexibility index (Phi) is 7.44. The second-order valence-electron chi connectivity index (χ2n) is 6.46. The Balaban J connectivity index is 1.89. The van der Waals surface area contributed by atoms with Crippen molar-refractivity contribution in [2.24, 2.45) is 0 Å². The van der Waals surface area contributed by atoms with Crippen molar-refractivity contribution >= 4 is 11.8 Å². The zero-order chi connectivity index (χ0) is 19.9. The highest BCUT2D eigenvalue weighted by molar-refractivity contribution is 5.96. The number of carbonyl (C=O) groups excluding carboxylic acids is 2. The number of carbonyl (C=O) groups is 2. The molecule has 0 aliphatic carbocycles. The molecule has 0 radical (unpaired) electrons. The molecular weight excluding hydrogens is 363 g/mol. The normalized spacial score (nSPS) is 16.4. The summed E-state index contributed by atoms with van der Waals surface area (Å²) in [5.74, 6) is -1.06. The minimum absolute atomic E-state index is 0.0365. The van der Waals surface area contributed by atoms with Crippen molar-refractivity contribution in [2.75, 3.05) is 19.6 Å². The predicted octanol–water partition coefficient (Wildman–Crippen LogP) is 2.93. The topological polar surface area (TPSA) is 71.5 Å². The minimum Gasteiger partial charge on any atom is -0.464 e. The highest BCUT2D eigenvalue weighted by atomic mass is 19.4. The number of alkyl halides is 3. The molecule has 0 bridgehead atoms. The number of nitrogens with one attached hydrogen (secondary N) is 1. The molecule has 2 amide bonds. The summed E-state index contributed by atoms with van der Waals surface area (Å²) in [6.45, 7) is 2.39. The molecule has 6 nitrogen and oxygen atoms in total. The first kappa shape index (κ1) is 21.0. The standard InChI is InChI=1S/C18H24F3N3O3/c1-13(18(19,20)21)27-17-14(7-6-9-23-17)16(26)22-10-8-15(25)24-11-4-2-3-5-12-24/h6-7,9,13H,2-5,8,10-12H2,1H3,(H,22,26). The Morgan fingerprint density at radius 2 is 1.93 bits per heavy atom. The molecule has 1 saturated heterocycles. The van der Waals surface area contributed by atoms with Gasteiger partial charge in [0.15, 0.2) is 6.10 Å². The van der Waals surface area contributed by atoms with E-state index in [0.717, 1.165) is 45.7 Å². The number of rotatable bonds is 6. The molecule has 27 heavy (non-hydrogen) atoms. The molecule has 1 unspecified atom stereocenters. The third kappa shape index (κ3) is 6.41. The summed E-state index contributed by atoms with van der Waals surface area (Å²) in [6.07, 6.45) is -1.09. The summed E-state index contributed by atoms with van der Waals surface area (Å²) < 4.78 is 42.8. The van der Waals surface area contributed by atoms with Crippen LogP contribution in [-0.4, -0.2) is 53.6 Å². The summed E-state index contributed by atoms with van der Waals surface area (Å²) in [6, 6.07) is 2.76. The first-order valence-electron chi connectivity index (χ1n) is 9.03. The molecule has 0 saturated carbocycles. The Morgan fingerprint density at radius 1 is 1.26 bits per heavy atom. The first-order valence-corrected chi connectivity index (χ1v) is 9.03. The van der Waals surface area contributed by atoms with E-state index in [2.05, 4.69) is 10.3 Å². The number of hydrogen-bond acceptors (Lipinski definition) is 4. The van der Waals surface area contributed by atoms with Crippen LogP contribution < -0.4 is 10.1 Å². The van der Waals surface area contributed by atoms with Crippen molar-refractivity contribution in [1.82, 2.24) is 15.2 Å². The second-order valence-corrected chi connectivity index (χ2v) is 6.46. The molecular formula is C18H24F3N3O3. The fraction of sp³-hybridized carbons (Fsp3) is 0.611. The van der Waals surface area contributed by atoms with Crippen molar-refractivity contribution < 1.29 is 27.5 Å². The Bertz CT molecular complexity index is 644. The van der Waals surface area contributed by atoms with Crippen LogP contribution in [0.3, 0.4) is 0 Å². The van der Waals surface area contributed by atoms with Crippen LogP contribution in [0.5, 0.6) is 5.88 Å². The van der Waals surface area contributed by atoms with Gasteiger partial charge in [0, 0.05) is 32.3 Å². The van der Waals surface area contributed by atoms with Crippen molar-refractivity contribution in [3.63, 3.8) is 0 Å². The second kappa shape index (κ2) is 9.57. The molecule has 9 heteroatoms. The smallest absolute Gasteiger partial charge is 0.425 e. The highest BCUT2D eigenvalue weighted by Crippen LogP contribution is 2.25. The maximum atomic E-state index is 12.7. The third-order valence-corrected chi connectivity index (χ3v) is 4.35. The molecule has 0 aromatic carbocycles. The van der Waals surface area contributed by atoms with Gasteiger partial charge in [0.1, 0.15) is 5.56 Å². The molecule has 1 atom stereocenters. The van der Waals surface area contributed by atoms with E-state index in [4.69, 9.17) is 4.74 Å². The van der Waals surface area contributed by atoms with Gasteiger partial charge in [0.25, 0.3) is 5.91 Å². The lowest BCUT2D eigenvalue weighted by Gasteiger charge is -2.20. The fourth-order valence-corrected chi connectivity index (χ4v) is 2.75. The van der Waals surface area contributed by atoms with E-state index in [1.165, 1.54) is 18.3 Å². The van der Waals surface area contributed by atoms with Crippen molar-refractivity contribution in [2.45, 2.75) is 51.3 Å². The van der Waals surface area contributed by atoms with Crippen LogP contribution in [0.1, 0.15) is 49.4 Å². The van der Waals surface area contributed by atoms with Crippen LogP contribution in [0.4, 0.5) is 13.2 Å². The molecule has 1 aromatic heterocycles. The Labute approximate surface area is 156 Å². The van der Waals surface area contributed by atoms with Crippen molar-refractivity contribution in [3.8, 4) is 5.88 Å². The number of pyridine rings is 1. The number of hydrogen-bond donors (Lipinski definition) is 1. The van der Waals surface area contributed by atoms with Crippen LogP contribution in [0.2, 0.25) is 0 Å². The maximum Gasteiger partial charge on any atom is 0.425 e. The molecule has 2 rings (SSSR count). The molecule has 2 heterocycles. The molecule has 150 valence electrons. The largest absolute Gasteiger partial charge is 0.464 e. The van der Waals surface area contributed by atoms with E-state index in [1.54, 1.807) is 4.90 Å². The number of likely N-dealkylation sites (tertiary alicyclic amines) is 1. The summed E-state index contributed by atoms with van der Waals surface area (Å²) in [5, 5.41) is 2.55. The van der Waals surface area contributed by atoms with Crippen molar-refractivity contribution in [1.29, 1.82) is 0 Å². The van der Waals surface area contributed by atoms with Crippen LogP contribution in [0, 0.1) is 0 Å². The summed E-state index contributed by atoms with van der Waals surface area (Å²) in [7, 11) is 0. The van der Waals surface area contributed by atoms with Crippen LogP contribution in [-0.2, 0) is 4.79 Å².